The number of thiazole rings is 1. The second-order valence-corrected chi connectivity index (χ2v) is 7.72. The molecule has 2 amide bonds. The van der Waals surface area contributed by atoms with Crippen LogP contribution >= 0.6 is 11.3 Å². The van der Waals surface area contributed by atoms with E-state index in [0.717, 1.165) is 27.4 Å². The van der Waals surface area contributed by atoms with E-state index >= 15 is 0 Å². The fraction of sp³-hybridized carbons (Fsp3) is 0.238. The van der Waals surface area contributed by atoms with Gasteiger partial charge in [-0.25, -0.2) is 4.98 Å². The van der Waals surface area contributed by atoms with Crippen LogP contribution in [0.4, 0.5) is 5.69 Å². The standard InChI is InChI=1S/C21H22N4O2S/c1-14-19(21(27)25(3)12-9-16-7-10-22-11-8-16)24-20(28-14)17-5-4-6-18(13-17)23-15(2)26/h4-8,10-11,13H,9,12H2,1-3H3,(H,23,26). The molecule has 0 saturated carbocycles. The van der Waals surface area contributed by atoms with E-state index in [1.54, 1.807) is 24.3 Å². The molecule has 0 bridgehead atoms. The van der Waals surface area contributed by atoms with Crippen molar-refractivity contribution in [2.45, 2.75) is 20.3 Å². The third-order valence-electron chi connectivity index (χ3n) is 4.26. The highest BCUT2D eigenvalue weighted by molar-refractivity contribution is 7.15. The van der Waals surface area contributed by atoms with E-state index in [4.69, 9.17) is 0 Å². The smallest absolute Gasteiger partial charge is 0.273 e. The lowest BCUT2D eigenvalue weighted by molar-refractivity contribution is -0.114. The van der Waals surface area contributed by atoms with Crippen molar-refractivity contribution in [2.24, 2.45) is 0 Å². The number of carbonyl (C=O) groups is 2. The average molecular weight is 395 g/mol. The molecule has 0 radical (unpaired) electrons. The Morgan fingerprint density at radius 3 is 2.64 bits per heavy atom. The summed E-state index contributed by atoms with van der Waals surface area (Å²) in [4.78, 5) is 35.3. The van der Waals surface area contributed by atoms with E-state index in [1.165, 1.54) is 18.3 Å². The number of anilines is 1. The number of hydrogen-bond acceptors (Lipinski definition) is 5. The predicted octanol–water partition coefficient (Wildman–Crippen LogP) is 3.79. The lowest BCUT2D eigenvalue weighted by Gasteiger charge is -2.16. The molecule has 6 nitrogen and oxygen atoms in total. The molecule has 0 atom stereocenters. The van der Waals surface area contributed by atoms with Gasteiger partial charge in [0.25, 0.3) is 5.91 Å². The fourth-order valence-electron chi connectivity index (χ4n) is 2.78. The molecule has 1 N–H and O–H groups in total. The number of amides is 2. The van der Waals surface area contributed by atoms with Gasteiger partial charge in [-0.3, -0.25) is 14.6 Å². The first-order chi connectivity index (χ1) is 13.4. The number of nitrogens with zero attached hydrogens (tertiary/aromatic N) is 3. The van der Waals surface area contributed by atoms with Crippen molar-refractivity contribution < 1.29 is 9.59 Å². The van der Waals surface area contributed by atoms with E-state index in [9.17, 15) is 9.59 Å². The van der Waals surface area contributed by atoms with Crippen LogP contribution in [0.1, 0.15) is 27.9 Å². The van der Waals surface area contributed by atoms with Crippen LogP contribution in [0.3, 0.4) is 0 Å². The summed E-state index contributed by atoms with van der Waals surface area (Å²) in [7, 11) is 1.79. The Morgan fingerprint density at radius 1 is 1.18 bits per heavy atom. The van der Waals surface area contributed by atoms with Crippen molar-refractivity contribution in [2.75, 3.05) is 18.9 Å². The van der Waals surface area contributed by atoms with Gasteiger partial charge in [0, 0.05) is 49.0 Å². The van der Waals surface area contributed by atoms with E-state index in [-0.39, 0.29) is 11.8 Å². The zero-order valence-corrected chi connectivity index (χ0v) is 16.9. The molecule has 7 heteroatoms. The lowest BCUT2D eigenvalue weighted by Crippen LogP contribution is -2.29. The van der Waals surface area contributed by atoms with Gasteiger partial charge in [0.2, 0.25) is 5.91 Å². The number of hydrogen-bond donors (Lipinski definition) is 1. The zero-order valence-electron chi connectivity index (χ0n) is 16.1. The van der Waals surface area contributed by atoms with Crippen molar-refractivity contribution in [3.63, 3.8) is 0 Å². The number of likely N-dealkylation sites (N-methyl/N-ethyl adjacent to an activating group) is 1. The topological polar surface area (TPSA) is 75.2 Å². The fourth-order valence-corrected chi connectivity index (χ4v) is 3.68. The molecular formula is C21H22N4O2S. The molecule has 2 heterocycles. The second-order valence-electron chi connectivity index (χ2n) is 6.52. The van der Waals surface area contributed by atoms with Gasteiger partial charge in [-0.2, -0.15) is 0 Å². The molecule has 2 aromatic heterocycles. The molecule has 0 aliphatic rings. The predicted molar refractivity (Wildman–Crippen MR) is 111 cm³/mol. The Kier molecular flexibility index (Phi) is 6.16. The Hall–Kier alpha value is -3.06. The molecule has 0 aliphatic carbocycles. The molecule has 1 aromatic carbocycles. The number of pyridine rings is 1. The summed E-state index contributed by atoms with van der Waals surface area (Å²) >= 11 is 1.48. The maximum Gasteiger partial charge on any atom is 0.273 e. The van der Waals surface area contributed by atoms with Crippen LogP contribution in [0.2, 0.25) is 0 Å². The number of aromatic nitrogens is 2. The maximum atomic E-state index is 12.8. The average Bonchev–Trinajstić information content (AvgIpc) is 3.07. The van der Waals surface area contributed by atoms with Gasteiger partial charge >= 0.3 is 0 Å². The molecule has 0 fully saturated rings. The lowest BCUT2D eigenvalue weighted by atomic mass is 10.2. The van der Waals surface area contributed by atoms with Crippen LogP contribution in [0.5, 0.6) is 0 Å². The molecule has 3 rings (SSSR count). The summed E-state index contributed by atoms with van der Waals surface area (Å²) in [6.45, 7) is 3.98. The van der Waals surface area contributed by atoms with Crippen LogP contribution in [0.25, 0.3) is 10.6 Å². The van der Waals surface area contributed by atoms with Crippen LogP contribution in [-0.2, 0) is 11.2 Å². The van der Waals surface area contributed by atoms with Crippen LogP contribution in [0, 0.1) is 6.92 Å². The van der Waals surface area contributed by atoms with Gasteiger partial charge in [0.05, 0.1) is 0 Å². The van der Waals surface area contributed by atoms with Crippen LogP contribution in [0.15, 0.2) is 48.8 Å². The number of rotatable bonds is 6. The largest absolute Gasteiger partial charge is 0.340 e. The molecule has 0 unspecified atom stereocenters. The van der Waals surface area contributed by atoms with Crippen molar-refractivity contribution in [1.82, 2.24) is 14.9 Å². The summed E-state index contributed by atoms with van der Waals surface area (Å²) < 4.78 is 0. The first kappa shape index (κ1) is 19.7. The number of aryl methyl sites for hydroxylation is 1. The summed E-state index contributed by atoms with van der Waals surface area (Å²) in [6, 6.07) is 11.4. The van der Waals surface area contributed by atoms with Crippen molar-refractivity contribution in [1.29, 1.82) is 0 Å². The quantitative estimate of drug-likeness (QED) is 0.690. The zero-order chi connectivity index (χ0) is 20.1. The highest BCUT2D eigenvalue weighted by Gasteiger charge is 2.20. The van der Waals surface area contributed by atoms with Crippen molar-refractivity contribution >= 4 is 28.8 Å². The highest BCUT2D eigenvalue weighted by Crippen LogP contribution is 2.29. The van der Waals surface area contributed by atoms with Gasteiger partial charge in [-0.05, 0) is 43.2 Å². The first-order valence-corrected chi connectivity index (χ1v) is 9.75. The van der Waals surface area contributed by atoms with E-state index in [2.05, 4.69) is 15.3 Å². The third kappa shape index (κ3) is 4.80. The number of carbonyl (C=O) groups excluding carboxylic acids is 2. The molecule has 144 valence electrons. The summed E-state index contributed by atoms with van der Waals surface area (Å²) in [5.74, 6) is -0.216. The summed E-state index contributed by atoms with van der Waals surface area (Å²) in [5.41, 5.74) is 3.19. The van der Waals surface area contributed by atoms with Gasteiger partial charge < -0.3 is 10.2 Å². The monoisotopic (exact) mass is 394 g/mol. The molecule has 0 spiro atoms. The first-order valence-electron chi connectivity index (χ1n) is 8.94. The van der Waals surface area contributed by atoms with Gasteiger partial charge in [0.1, 0.15) is 10.7 Å². The van der Waals surface area contributed by atoms with Crippen molar-refractivity contribution in [3.05, 3.63) is 64.9 Å². The van der Waals surface area contributed by atoms with Gasteiger partial charge in [-0.15, -0.1) is 11.3 Å². The maximum absolute atomic E-state index is 12.8. The van der Waals surface area contributed by atoms with E-state index < -0.39 is 0 Å². The van der Waals surface area contributed by atoms with E-state index in [1.807, 2.05) is 43.3 Å². The number of nitrogens with one attached hydrogen (secondary N) is 1. The normalized spacial score (nSPS) is 10.5. The molecular weight excluding hydrogens is 372 g/mol. The van der Waals surface area contributed by atoms with Crippen LogP contribution < -0.4 is 5.32 Å². The highest BCUT2D eigenvalue weighted by atomic mass is 32.1. The molecule has 28 heavy (non-hydrogen) atoms. The van der Waals surface area contributed by atoms with Crippen molar-refractivity contribution in [3.8, 4) is 10.6 Å². The van der Waals surface area contributed by atoms with Gasteiger partial charge in [-0.1, -0.05) is 12.1 Å². The van der Waals surface area contributed by atoms with E-state index in [0.29, 0.717) is 17.9 Å². The third-order valence-corrected chi connectivity index (χ3v) is 5.28. The minimum Gasteiger partial charge on any atom is -0.340 e. The van der Waals surface area contributed by atoms with Crippen LogP contribution in [-0.4, -0.2) is 40.3 Å². The molecule has 0 aliphatic heterocycles. The molecule has 0 saturated heterocycles. The summed E-state index contributed by atoms with van der Waals surface area (Å²) in [5, 5.41) is 3.53. The Labute approximate surface area is 168 Å². The second kappa shape index (κ2) is 8.75. The minimum absolute atomic E-state index is 0.0907. The van der Waals surface area contributed by atoms with Gasteiger partial charge in [0.15, 0.2) is 0 Å². The minimum atomic E-state index is -0.126. The Balaban J connectivity index is 1.74. The summed E-state index contributed by atoms with van der Waals surface area (Å²) in [6.07, 6.45) is 4.27. The Bertz CT molecular complexity index is 985. The Morgan fingerprint density at radius 2 is 1.93 bits per heavy atom. The SMILES string of the molecule is CC(=O)Nc1cccc(-c2nc(C(=O)N(C)CCc3ccncc3)c(C)s2)c1. The number of benzene rings is 1. The molecule has 3 aromatic rings.